The van der Waals surface area contributed by atoms with Crippen LogP contribution in [0.3, 0.4) is 0 Å². The second-order valence-corrected chi connectivity index (χ2v) is 20.9. The Hall–Kier alpha value is -3.59. The maximum Gasteiger partial charge on any atom is 0.472 e. The molecule has 0 aliphatic carbocycles. The summed E-state index contributed by atoms with van der Waals surface area (Å²) in [6.45, 7) is 3.46. The van der Waals surface area contributed by atoms with Gasteiger partial charge in [0.25, 0.3) is 0 Å². The average molecular weight is 1060 g/mol. The number of phosphoric ester groups is 1. The van der Waals surface area contributed by atoms with Crippen LogP contribution in [0.4, 0.5) is 0 Å². The molecule has 428 valence electrons. The molecule has 0 aromatic rings. The van der Waals surface area contributed by atoms with E-state index in [-0.39, 0.29) is 32.6 Å². The van der Waals surface area contributed by atoms with Gasteiger partial charge in [0.15, 0.2) is 6.10 Å². The summed E-state index contributed by atoms with van der Waals surface area (Å²) in [7, 11) is -4.40. The molecule has 0 aliphatic rings. The maximum atomic E-state index is 12.7. The lowest BCUT2D eigenvalue weighted by Gasteiger charge is -2.19. The Bertz CT molecular complexity index is 1640. The zero-order valence-electron chi connectivity index (χ0n) is 47.7. The highest BCUT2D eigenvalue weighted by Crippen LogP contribution is 2.43. The van der Waals surface area contributed by atoms with E-state index in [9.17, 15) is 19.0 Å². The SMILES string of the molecule is CC/C=C\C/C=C\C/C=C\C/C=C\C/C=C\C/C=C\CCCCCCCCCCCCCCCCCCCCCCC(=O)OC(COC(=O)CCCC/C=C\C/C=C\C/C=C\C/C=C\CC)COP(=O)(O)OCCN. The first kappa shape index (κ1) is 71.4. The number of phosphoric acid groups is 1. The first-order chi connectivity index (χ1) is 36.8. The van der Waals surface area contributed by atoms with Gasteiger partial charge in [-0.1, -0.05) is 251 Å². The lowest BCUT2D eigenvalue weighted by atomic mass is 10.0. The number of unbranched alkanes of at least 4 members (excludes halogenated alkanes) is 22. The number of nitrogens with two attached hydrogens (primary N) is 1. The van der Waals surface area contributed by atoms with Crippen LogP contribution in [0.1, 0.15) is 245 Å². The highest BCUT2D eigenvalue weighted by atomic mass is 31.2. The molecule has 9 nitrogen and oxygen atoms in total. The van der Waals surface area contributed by atoms with Crippen LogP contribution in [0.2, 0.25) is 0 Å². The summed E-state index contributed by atoms with van der Waals surface area (Å²) >= 11 is 0. The fourth-order valence-corrected chi connectivity index (χ4v) is 8.75. The second kappa shape index (κ2) is 59.7. The molecule has 0 radical (unpaired) electrons. The van der Waals surface area contributed by atoms with Crippen LogP contribution in [0.5, 0.6) is 0 Å². The predicted molar refractivity (Wildman–Crippen MR) is 321 cm³/mol. The first-order valence-electron chi connectivity index (χ1n) is 30.0. The Morgan fingerprint density at radius 2 is 0.693 bits per heavy atom. The van der Waals surface area contributed by atoms with Crippen molar-refractivity contribution in [3.63, 3.8) is 0 Å². The van der Waals surface area contributed by atoms with Gasteiger partial charge in [-0.15, -0.1) is 0 Å². The number of allylic oxidation sites excluding steroid dienone is 20. The molecule has 0 heterocycles. The molecule has 75 heavy (non-hydrogen) atoms. The summed E-state index contributed by atoms with van der Waals surface area (Å²) in [6, 6.07) is 0. The molecule has 0 saturated carbocycles. The molecule has 0 aliphatic heterocycles. The summed E-state index contributed by atoms with van der Waals surface area (Å²) in [6.07, 6.45) is 82.9. The van der Waals surface area contributed by atoms with Crippen molar-refractivity contribution in [2.75, 3.05) is 26.4 Å². The Kier molecular flexibility index (Phi) is 56.8. The summed E-state index contributed by atoms with van der Waals surface area (Å²) in [5.41, 5.74) is 5.37. The number of carbonyl (C=O) groups excluding carboxylic acids is 2. The molecule has 0 spiro atoms. The number of hydrogen-bond donors (Lipinski definition) is 2. The fraction of sp³-hybridized carbons (Fsp3) is 0.662. The van der Waals surface area contributed by atoms with E-state index < -0.39 is 32.5 Å². The van der Waals surface area contributed by atoms with Crippen molar-refractivity contribution >= 4 is 19.8 Å². The molecule has 0 bridgehead atoms. The summed E-state index contributed by atoms with van der Waals surface area (Å²) < 4.78 is 32.9. The normalized spacial score (nSPS) is 13.9. The van der Waals surface area contributed by atoms with Crippen LogP contribution >= 0.6 is 7.82 Å². The van der Waals surface area contributed by atoms with Crippen molar-refractivity contribution in [1.82, 2.24) is 0 Å². The molecular formula is C65H110NO8P. The third-order valence-corrected chi connectivity index (χ3v) is 13.3. The summed E-state index contributed by atoms with van der Waals surface area (Å²) in [5.74, 6) is -0.877. The molecule has 2 atom stereocenters. The van der Waals surface area contributed by atoms with Crippen molar-refractivity contribution < 1.29 is 37.6 Å². The number of hydrogen-bond acceptors (Lipinski definition) is 8. The largest absolute Gasteiger partial charge is 0.472 e. The third-order valence-electron chi connectivity index (χ3n) is 12.3. The van der Waals surface area contributed by atoms with Gasteiger partial charge in [-0.05, 0) is 103 Å². The van der Waals surface area contributed by atoms with Crippen LogP contribution < -0.4 is 5.73 Å². The Labute approximate surface area is 460 Å². The molecule has 10 heteroatoms. The van der Waals surface area contributed by atoms with Crippen molar-refractivity contribution in [2.45, 2.75) is 251 Å². The van der Waals surface area contributed by atoms with Gasteiger partial charge in [-0.3, -0.25) is 18.6 Å². The predicted octanol–water partition coefficient (Wildman–Crippen LogP) is 19.2. The Morgan fingerprint density at radius 1 is 0.400 bits per heavy atom. The van der Waals surface area contributed by atoms with E-state index in [1.165, 1.54) is 109 Å². The van der Waals surface area contributed by atoms with Crippen LogP contribution in [0.15, 0.2) is 122 Å². The van der Waals surface area contributed by atoms with Crippen LogP contribution in [-0.2, 0) is 32.7 Å². The quantitative estimate of drug-likeness (QED) is 0.0264. The minimum absolute atomic E-state index is 0.0437. The average Bonchev–Trinajstić information content (AvgIpc) is 3.40. The van der Waals surface area contributed by atoms with Crippen molar-refractivity contribution in [3.8, 4) is 0 Å². The lowest BCUT2D eigenvalue weighted by Crippen LogP contribution is -2.29. The first-order valence-corrected chi connectivity index (χ1v) is 31.5. The van der Waals surface area contributed by atoms with Gasteiger partial charge in [0, 0.05) is 19.4 Å². The van der Waals surface area contributed by atoms with Crippen molar-refractivity contribution in [1.29, 1.82) is 0 Å². The Balaban J connectivity index is 3.86. The smallest absolute Gasteiger partial charge is 0.462 e. The van der Waals surface area contributed by atoms with E-state index in [1.807, 2.05) is 0 Å². The van der Waals surface area contributed by atoms with E-state index in [0.717, 1.165) is 96.3 Å². The van der Waals surface area contributed by atoms with Gasteiger partial charge in [0.1, 0.15) is 6.61 Å². The molecule has 2 unspecified atom stereocenters. The summed E-state index contributed by atoms with van der Waals surface area (Å²) in [5, 5.41) is 0. The number of rotatable bonds is 55. The van der Waals surface area contributed by atoms with E-state index in [1.54, 1.807) is 0 Å². The van der Waals surface area contributed by atoms with E-state index in [0.29, 0.717) is 12.8 Å². The number of ether oxygens (including phenoxy) is 2. The minimum atomic E-state index is -4.40. The zero-order valence-corrected chi connectivity index (χ0v) is 48.6. The van der Waals surface area contributed by atoms with E-state index in [2.05, 4.69) is 135 Å². The molecule has 0 amide bonds. The molecule has 0 fully saturated rings. The van der Waals surface area contributed by atoms with Gasteiger partial charge in [-0.2, -0.15) is 0 Å². The second-order valence-electron chi connectivity index (χ2n) is 19.5. The van der Waals surface area contributed by atoms with Gasteiger partial charge in [0.05, 0.1) is 13.2 Å². The van der Waals surface area contributed by atoms with Gasteiger partial charge in [0.2, 0.25) is 0 Å². The molecule has 0 aromatic heterocycles. The lowest BCUT2D eigenvalue weighted by molar-refractivity contribution is -0.161. The molecule has 3 N–H and O–H groups in total. The van der Waals surface area contributed by atoms with E-state index >= 15 is 0 Å². The minimum Gasteiger partial charge on any atom is -0.462 e. The third kappa shape index (κ3) is 59.5. The van der Waals surface area contributed by atoms with Crippen LogP contribution in [0.25, 0.3) is 0 Å². The summed E-state index contributed by atoms with van der Waals surface area (Å²) in [4.78, 5) is 35.1. The maximum absolute atomic E-state index is 12.7. The monoisotopic (exact) mass is 1060 g/mol. The van der Waals surface area contributed by atoms with Crippen LogP contribution in [0, 0.1) is 0 Å². The van der Waals surface area contributed by atoms with Gasteiger partial charge in [-0.25, -0.2) is 4.57 Å². The van der Waals surface area contributed by atoms with Gasteiger partial charge >= 0.3 is 19.8 Å². The molecule has 0 rings (SSSR count). The zero-order chi connectivity index (χ0) is 54.5. The standard InChI is InChI=1S/C65H110NO8P/c1-3-5-7-9-11-13-15-17-19-20-21-22-23-24-25-26-27-28-29-30-31-32-33-34-35-36-37-38-39-40-41-42-44-46-48-50-52-54-56-58-65(68)74-63(62-73-75(69,70)72-60-59-66)61-71-64(67)57-55-53-51-49-47-45-43-18-16-14-12-10-8-6-4-2/h5-8,11-14,17-19,21-22,24-25,27-28,43,47,49,63H,3-4,9-10,15-16,20,23,26,29-42,44-46,48,50-62,66H2,1-2H3,(H,69,70)/b7-5-,8-6-,13-11-,14-12-,19-17-,22-21-,25-24-,28-27-,43-18-,49-47-. The molecule has 0 saturated heterocycles. The van der Waals surface area contributed by atoms with Gasteiger partial charge < -0.3 is 20.1 Å². The topological polar surface area (TPSA) is 134 Å². The van der Waals surface area contributed by atoms with Crippen molar-refractivity contribution in [2.24, 2.45) is 5.73 Å². The van der Waals surface area contributed by atoms with Crippen molar-refractivity contribution in [3.05, 3.63) is 122 Å². The molecular weight excluding hydrogens is 954 g/mol. The highest BCUT2D eigenvalue weighted by molar-refractivity contribution is 7.47. The fourth-order valence-electron chi connectivity index (χ4n) is 7.98. The van der Waals surface area contributed by atoms with E-state index in [4.69, 9.17) is 24.3 Å². The number of esters is 2. The van der Waals surface area contributed by atoms with Crippen LogP contribution in [-0.4, -0.2) is 49.3 Å². The molecule has 0 aromatic carbocycles. The number of carbonyl (C=O) groups is 2. The Morgan fingerprint density at radius 3 is 1.05 bits per heavy atom. The highest BCUT2D eigenvalue weighted by Gasteiger charge is 2.26.